The van der Waals surface area contributed by atoms with Gasteiger partial charge in [-0.3, -0.25) is 14.9 Å². The molecule has 102 valence electrons. The maximum atomic E-state index is 12.4. The lowest BCUT2D eigenvalue weighted by Gasteiger charge is -2.30. The molecular weight excluding hydrogens is 244 g/mol. The summed E-state index contributed by atoms with van der Waals surface area (Å²) in [6, 6.07) is 4.91. The Bertz CT molecular complexity index is 513. The number of rotatable bonds is 2. The third-order valence-corrected chi connectivity index (χ3v) is 3.59. The summed E-state index contributed by atoms with van der Waals surface area (Å²) in [4.78, 5) is 24.8. The van der Waals surface area contributed by atoms with E-state index < -0.39 is 4.92 Å². The summed E-state index contributed by atoms with van der Waals surface area (Å²) in [5, 5.41) is 11.1. The summed E-state index contributed by atoms with van der Waals surface area (Å²) in [6.07, 6.45) is 2.08. The molecule has 1 aromatic carbocycles. The Labute approximate surface area is 112 Å². The van der Waals surface area contributed by atoms with Crippen LogP contribution in [-0.4, -0.2) is 28.8 Å². The van der Waals surface area contributed by atoms with Crippen molar-refractivity contribution < 1.29 is 9.72 Å². The molecule has 0 N–H and O–H groups in total. The molecule has 0 aromatic heterocycles. The second-order valence-electron chi connectivity index (χ2n) is 5.23. The zero-order valence-electron chi connectivity index (χ0n) is 11.3. The molecule has 2 rings (SSSR count). The van der Waals surface area contributed by atoms with E-state index in [-0.39, 0.29) is 17.2 Å². The standard InChI is InChI=1S/C14H18N2O3/c1-10-5-4-8-15(9-10)14(17)12-7-3-6-11(2)13(12)16(18)19/h3,6-7,10H,4-5,8-9H2,1-2H3/t10-/m1/s1. The first-order valence-corrected chi connectivity index (χ1v) is 6.54. The third-order valence-electron chi connectivity index (χ3n) is 3.59. The van der Waals surface area contributed by atoms with Crippen LogP contribution in [0.2, 0.25) is 0 Å². The van der Waals surface area contributed by atoms with E-state index in [0.717, 1.165) is 12.8 Å². The first-order chi connectivity index (χ1) is 9.00. The van der Waals surface area contributed by atoms with Crippen LogP contribution in [-0.2, 0) is 0 Å². The van der Waals surface area contributed by atoms with Crippen molar-refractivity contribution in [2.45, 2.75) is 26.7 Å². The van der Waals surface area contributed by atoms with E-state index in [2.05, 4.69) is 6.92 Å². The highest BCUT2D eigenvalue weighted by Gasteiger charge is 2.28. The smallest absolute Gasteiger partial charge is 0.285 e. The molecule has 0 spiro atoms. The number of nitrogens with zero attached hydrogens (tertiary/aromatic N) is 2. The van der Waals surface area contributed by atoms with Crippen LogP contribution in [0.15, 0.2) is 18.2 Å². The first-order valence-electron chi connectivity index (χ1n) is 6.54. The average Bonchev–Trinajstić information content (AvgIpc) is 2.37. The number of hydrogen-bond acceptors (Lipinski definition) is 3. The minimum atomic E-state index is -0.462. The van der Waals surface area contributed by atoms with Gasteiger partial charge in [-0.05, 0) is 31.7 Å². The second-order valence-corrected chi connectivity index (χ2v) is 5.23. The average molecular weight is 262 g/mol. The minimum Gasteiger partial charge on any atom is -0.338 e. The number of carbonyl (C=O) groups excluding carboxylic acids is 1. The summed E-state index contributed by atoms with van der Waals surface area (Å²) in [5.74, 6) is 0.239. The maximum Gasteiger partial charge on any atom is 0.285 e. The molecule has 1 atom stereocenters. The summed E-state index contributed by atoms with van der Waals surface area (Å²) >= 11 is 0. The maximum absolute atomic E-state index is 12.4. The van der Waals surface area contributed by atoms with Crippen LogP contribution in [0.25, 0.3) is 0 Å². The second kappa shape index (κ2) is 5.38. The van der Waals surface area contributed by atoms with E-state index in [0.29, 0.717) is 24.6 Å². The zero-order chi connectivity index (χ0) is 14.0. The van der Waals surface area contributed by atoms with Crippen LogP contribution in [0.5, 0.6) is 0 Å². The predicted molar refractivity (Wildman–Crippen MR) is 72.1 cm³/mol. The minimum absolute atomic E-state index is 0.0641. The van der Waals surface area contributed by atoms with E-state index in [1.54, 1.807) is 30.0 Å². The van der Waals surface area contributed by atoms with Crippen LogP contribution >= 0.6 is 0 Å². The van der Waals surface area contributed by atoms with Gasteiger partial charge in [0.1, 0.15) is 5.56 Å². The highest BCUT2D eigenvalue weighted by atomic mass is 16.6. The lowest BCUT2D eigenvalue weighted by atomic mass is 9.99. The number of aryl methyl sites for hydroxylation is 1. The first kappa shape index (κ1) is 13.5. The molecule has 1 amide bonds. The van der Waals surface area contributed by atoms with Crippen LogP contribution in [0.4, 0.5) is 5.69 Å². The van der Waals surface area contributed by atoms with Crippen LogP contribution < -0.4 is 0 Å². The molecule has 5 heteroatoms. The Morgan fingerprint density at radius 3 is 2.84 bits per heavy atom. The van der Waals surface area contributed by atoms with Crippen LogP contribution in [0.3, 0.4) is 0 Å². The SMILES string of the molecule is Cc1cccc(C(=O)N2CCC[C@@H](C)C2)c1[N+](=O)[O-]. The molecule has 0 unspecified atom stereocenters. The topological polar surface area (TPSA) is 63.5 Å². The predicted octanol–water partition coefficient (Wildman–Crippen LogP) is 2.78. The van der Waals surface area contributed by atoms with E-state index in [1.165, 1.54) is 0 Å². The molecule has 0 saturated carbocycles. The lowest BCUT2D eigenvalue weighted by Crippen LogP contribution is -2.39. The molecule has 1 fully saturated rings. The monoisotopic (exact) mass is 262 g/mol. The summed E-state index contributed by atoms with van der Waals surface area (Å²) in [7, 11) is 0. The fraction of sp³-hybridized carbons (Fsp3) is 0.500. The van der Waals surface area contributed by atoms with Gasteiger partial charge in [-0.25, -0.2) is 0 Å². The zero-order valence-corrected chi connectivity index (χ0v) is 11.3. The van der Waals surface area contributed by atoms with Crippen molar-refractivity contribution in [2.75, 3.05) is 13.1 Å². The quantitative estimate of drug-likeness (QED) is 0.608. The van der Waals surface area contributed by atoms with Crippen LogP contribution in [0, 0.1) is 23.0 Å². The third kappa shape index (κ3) is 2.75. The summed E-state index contributed by atoms with van der Waals surface area (Å²) in [5.41, 5.74) is 0.672. The van der Waals surface area contributed by atoms with Crippen LogP contribution in [0.1, 0.15) is 35.7 Å². The molecular formula is C14H18N2O3. The van der Waals surface area contributed by atoms with Gasteiger partial charge in [-0.2, -0.15) is 0 Å². The number of nitro groups is 1. The van der Waals surface area contributed by atoms with Gasteiger partial charge in [0.05, 0.1) is 4.92 Å². The Morgan fingerprint density at radius 1 is 1.47 bits per heavy atom. The molecule has 0 bridgehead atoms. The van der Waals surface area contributed by atoms with Gasteiger partial charge in [0.2, 0.25) is 0 Å². The largest absolute Gasteiger partial charge is 0.338 e. The van der Waals surface area contributed by atoms with E-state index >= 15 is 0 Å². The van der Waals surface area contributed by atoms with Crippen molar-refractivity contribution in [3.8, 4) is 0 Å². The highest BCUT2D eigenvalue weighted by Crippen LogP contribution is 2.26. The van der Waals surface area contributed by atoms with Crippen molar-refractivity contribution in [2.24, 2.45) is 5.92 Å². The molecule has 19 heavy (non-hydrogen) atoms. The normalized spacial score (nSPS) is 19.3. The number of amides is 1. The fourth-order valence-corrected chi connectivity index (χ4v) is 2.62. The van der Waals surface area contributed by atoms with Gasteiger partial charge in [-0.15, -0.1) is 0 Å². The van der Waals surface area contributed by atoms with Gasteiger partial charge in [-0.1, -0.05) is 19.1 Å². The number of piperidine rings is 1. The number of carbonyl (C=O) groups is 1. The molecule has 1 saturated heterocycles. The number of para-hydroxylation sites is 1. The number of hydrogen-bond donors (Lipinski definition) is 0. The van der Waals surface area contributed by atoms with Crippen molar-refractivity contribution in [1.82, 2.24) is 4.90 Å². The number of likely N-dealkylation sites (tertiary alicyclic amines) is 1. The van der Waals surface area contributed by atoms with E-state index in [9.17, 15) is 14.9 Å². The molecule has 1 heterocycles. The van der Waals surface area contributed by atoms with E-state index in [1.807, 2.05) is 0 Å². The Balaban J connectivity index is 2.33. The van der Waals surface area contributed by atoms with Crippen molar-refractivity contribution >= 4 is 11.6 Å². The Hall–Kier alpha value is -1.91. The van der Waals surface area contributed by atoms with Crippen molar-refractivity contribution in [3.63, 3.8) is 0 Å². The Morgan fingerprint density at radius 2 is 2.21 bits per heavy atom. The van der Waals surface area contributed by atoms with Gasteiger partial charge in [0.15, 0.2) is 0 Å². The fourth-order valence-electron chi connectivity index (χ4n) is 2.62. The summed E-state index contributed by atoms with van der Waals surface area (Å²) in [6.45, 7) is 5.13. The highest BCUT2D eigenvalue weighted by molar-refractivity contribution is 5.98. The van der Waals surface area contributed by atoms with Gasteiger partial charge >= 0.3 is 0 Å². The molecule has 0 radical (unpaired) electrons. The summed E-state index contributed by atoms with van der Waals surface area (Å²) < 4.78 is 0. The van der Waals surface area contributed by atoms with Crippen molar-refractivity contribution in [1.29, 1.82) is 0 Å². The van der Waals surface area contributed by atoms with Gasteiger partial charge in [0.25, 0.3) is 11.6 Å². The lowest BCUT2D eigenvalue weighted by molar-refractivity contribution is -0.385. The number of benzene rings is 1. The van der Waals surface area contributed by atoms with E-state index in [4.69, 9.17) is 0 Å². The molecule has 0 aliphatic carbocycles. The molecule has 1 aromatic rings. The Kier molecular flexibility index (Phi) is 3.83. The van der Waals surface area contributed by atoms with Crippen molar-refractivity contribution in [3.05, 3.63) is 39.4 Å². The molecule has 1 aliphatic rings. The number of nitro benzene ring substituents is 1. The molecule has 5 nitrogen and oxygen atoms in total. The van der Waals surface area contributed by atoms with Gasteiger partial charge < -0.3 is 4.90 Å². The van der Waals surface area contributed by atoms with Gasteiger partial charge in [0, 0.05) is 18.7 Å². The molecule has 1 aliphatic heterocycles.